The van der Waals surface area contributed by atoms with Gasteiger partial charge in [-0.25, -0.2) is 4.98 Å². The Morgan fingerprint density at radius 1 is 1.27 bits per heavy atom. The summed E-state index contributed by atoms with van der Waals surface area (Å²) in [6.45, 7) is 0.0238. The second kappa shape index (κ2) is 7.74. The van der Waals surface area contributed by atoms with E-state index in [1.54, 1.807) is 18.2 Å². The Labute approximate surface area is 155 Å². The zero-order chi connectivity index (χ0) is 18.7. The second-order valence-corrected chi connectivity index (χ2v) is 6.88. The first-order chi connectivity index (χ1) is 12.5. The molecule has 0 spiro atoms. The lowest BCUT2D eigenvalue weighted by molar-refractivity contribution is -0.144. The number of aromatic nitrogens is 1. The molecule has 0 bridgehead atoms. The number of benzene rings is 1. The fourth-order valence-electron chi connectivity index (χ4n) is 3.04. The van der Waals surface area contributed by atoms with Crippen molar-refractivity contribution in [2.45, 2.75) is 19.3 Å². The largest absolute Gasteiger partial charge is 0.505 e. The van der Waals surface area contributed by atoms with Crippen molar-refractivity contribution in [3.05, 3.63) is 47.2 Å². The van der Waals surface area contributed by atoms with E-state index in [1.165, 1.54) is 12.3 Å². The number of aromatic hydroxyl groups is 1. The Balaban J connectivity index is 1.70. The molecule has 1 amide bonds. The van der Waals surface area contributed by atoms with Gasteiger partial charge in [0.2, 0.25) is 0 Å². The van der Waals surface area contributed by atoms with Crippen LogP contribution in [0.5, 0.6) is 5.75 Å². The third kappa shape index (κ3) is 3.96. The van der Waals surface area contributed by atoms with Gasteiger partial charge in [0.05, 0.1) is 5.92 Å². The fourth-order valence-corrected chi connectivity index (χ4v) is 3.23. The van der Waals surface area contributed by atoms with Crippen LogP contribution in [0.25, 0.3) is 11.1 Å². The van der Waals surface area contributed by atoms with Crippen LogP contribution >= 0.6 is 11.6 Å². The van der Waals surface area contributed by atoms with E-state index in [-0.39, 0.29) is 23.9 Å². The molecule has 0 saturated heterocycles. The predicted molar refractivity (Wildman–Crippen MR) is 97.1 cm³/mol. The first kappa shape index (κ1) is 18.2. The number of halogens is 1. The number of carboxylic acids is 1. The molecule has 6 nitrogen and oxygen atoms in total. The smallest absolute Gasteiger partial charge is 0.308 e. The van der Waals surface area contributed by atoms with E-state index < -0.39 is 17.8 Å². The number of nitrogens with zero attached hydrogens (tertiary/aromatic N) is 1. The number of hydrogen-bond acceptors (Lipinski definition) is 4. The van der Waals surface area contributed by atoms with E-state index in [2.05, 4.69) is 10.3 Å². The van der Waals surface area contributed by atoms with Crippen LogP contribution in [0.2, 0.25) is 5.02 Å². The monoisotopic (exact) mass is 374 g/mol. The van der Waals surface area contributed by atoms with Crippen LogP contribution < -0.4 is 5.32 Å². The van der Waals surface area contributed by atoms with Crippen molar-refractivity contribution in [3.63, 3.8) is 0 Å². The van der Waals surface area contributed by atoms with Crippen LogP contribution in [0.3, 0.4) is 0 Å². The highest BCUT2D eigenvalue weighted by atomic mass is 35.5. The molecule has 3 rings (SSSR count). The van der Waals surface area contributed by atoms with E-state index in [1.807, 2.05) is 6.07 Å². The Morgan fingerprint density at radius 3 is 2.62 bits per heavy atom. The van der Waals surface area contributed by atoms with Gasteiger partial charge in [-0.2, -0.15) is 0 Å². The summed E-state index contributed by atoms with van der Waals surface area (Å²) in [4.78, 5) is 27.7. The van der Waals surface area contributed by atoms with Gasteiger partial charge < -0.3 is 15.5 Å². The van der Waals surface area contributed by atoms with Gasteiger partial charge in [0.25, 0.3) is 5.91 Å². The van der Waals surface area contributed by atoms with Gasteiger partial charge in [-0.05, 0) is 42.5 Å². The zero-order valence-electron chi connectivity index (χ0n) is 14.0. The molecule has 1 unspecified atom stereocenters. The number of carbonyl (C=O) groups is 2. The van der Waals surface area contributed by atoms with E-state index >= 15 is 0 Å². The molecule has 1 aliphatic rings. The highest BCUT2D eigenvalue weighted by molar-refractivity contribution is 6.30. The minimum Gasteiger partial charge on any atom is -0.505 e. The van der Waals surface area contributed by atoms with Crippen LogP contribution in [-0.4, -0.2) is 33.6 Å². The van der Waals surface area contributed by atoms with E-state index in [0.29, 0.717) is 10.6 Å². The van der Waals surface area contributed by atoms with E-state index in [4.69, 9.17) is 11.6 Å². The first-order valence-electron chi connectivity index (χ1n) is 8.41. The van der Waals surface area contributed by atoms with Crippen molar-refractivity contribution in [1.29, 1.82) is 0 Å². The van der Waals surface area contributed by atoms with E-state index in [0.717, 1.165) is 24.8 Å². The van der Waals surface area contributed by atoms with Crippen molar-refractivity contribution in [1.82, 2.24) is 10.3 Å². The van der Waals surface area contributed by atoms with Crippen molar-refractivity contribution in [2.75, 3.05) is 6.54 Å². The Kier molecular flexibility index (Phi) is 5.42. The van der Waals surface area contributed by atoms with Gasteiger partial charge in [-0.15, -0.1) is 0 Å². The summed E-state index contributed by atoms with van der Waals surface area (Å²) in [6, 6.07) is 8.50. The number of aliphatic carboxylic acids is 1. The highest BCUT2D eigenvalue weighted by Gasteiger charge is 2.33. The molecule has 0 aliphatic heterocycles. The van der Waals surface area contributed by atoms with Crippen LogP contribution in [0.1, 0.15) is 29.8 Å². The number of carbonyl (C=O) groups excluding carboxylic acids is 1. The van der Waals surface area contributed by atoms with Gasteiger partial charge in [-0.1, -0.05) is 30.2 Å². The van der Waals surface area contributed by atoms with Crippen LogP contribution in [0.15, 0.2) is 36.5 Å². The molecule has 1 saturated carbocycles. The summed E-state index contributed by atoms with van der Waals surface area (Å²) in [6.07, 6.45) is 4.23. The number of pyridine rings is 1. The number of rotatable bonds is 6. The zero-order valence-corrected chi connectivity index (χ0v) is 14.7. The molecule has 1 fully saturated rings. The average molecular weight is 375 g/mol. The second-order valence-electron chi connectivity index (χ2n) is 6.45. The molecular formula is C19H19ClN2O4. The maximum absolute atomic E-state index is 12.3. The van der Waals surface area contributed by atoms with Crippen molar-refractivity contribution in [3.8, 4) is 16.9 Å². The standard InChI is InChI=1S/C19H19ClN2O4/c20-14-6-2-5-12(7-14)13-8-16(23)17(21-9-13)18(24)22-10-15(19(25)26)11-3-1-4-11/h2,5-9,11,15,23H,1,3-4,10H2,(H,22,24)(H,25,26). The summed E-state index contributed by atoms with van der Waals surface area (Å²) < 4.78 is 0. The molecule has 1 aliphatic carbocycles. The maximum Gasteiger partial charge on any atom is 0.308 e. The highest BCUT2D eigenvalue weighted by Crippen LogP contribution is 2.33. The third-order valence-electron chi connectivity index (χ3n) is 4.76. The maximum atomic E-state index is 12.3. The van der Waals surface area contributed by atoms with Crippen LogP contribution in [-0.2, 0) is 4.79 Å². The summed E-state index contributed by atoms with van der Waals surface area (Å²) in [5.41, 5.74) is 1.26. The molecule has 7 heteroatoms. The summed E-state index contributed by atoms with van der Waals surface area (Å²) in [5, 5.41) is 22.6. The summed E-state index contributed by atoms with van der Waals surface area (Å²) >= 11 is 5.96. The normalized spacial score (nSPS) is 15.1. The number of hydrogen-bond donors (Lipinski definition) is 3. The van der Waals surface area contributed by atoms with Crippen molar-refractivity contribution in [2.24, 2.45) is 11.8 Å². The quantitative estimate of drug-likeness (QED) is 0.720. The Bertz CT molecular complexity index is 836. The Morgan fingerprint density at radius 2 is 2.04 bits per heavy atom. The van der Waals surface area contributed by atoms with Gasteiger partial charge in [-0.3, -0.25) is 9.59 Å². The summed E-state index contributed by atoms with van der Waals surface area (Å²) in [7, 11) is 0. The Hall–Kier alpha value is -2.60. The van der Waals surface area contributed by atoms with Crippen molar-refractivity contribution >= 4 is 23.5 Å². The van der Waals surface area contributed by atoms with Crippen LogP contribution in [0, 0.1) is 11.8 Å². The molecule has 1 heterocycles. The van der Waals surface area contributed by atoms with Gasteiger partial charge in [0, 0.05) is 23.3 Å². The molecule has 1 aromatic carbocycles. The first-order valence-corrected chi connectivity index (χ1v) is 8.79. The fraction of sp³-hybridized carbons (Fsp3) is 0.316. The average Bonchev–Trinajstić information content (AvgIpc) is 2.56. The minimum atomic E-state index is -0.913. The molecule has 2 aromatic rings. The molecule has 1 aromatic heterocycles. The molecule has 3 N–H and O–H groups in total. The van der Waals surface area contributed by atoms with Gasteiger partial charge in [0.15, 0.2) is 5.69 Å². The van der Waals surface area contributed by atoms with Gasteiger partial charge in [0.1, 0.15) is 5.75 Å². The lowest BCUT2D eigenvalue weighted by atomic mass is 9.76. The van der Waals surface area contributed by atoms with Crippen LogP contribution in [0.4, 0.5) is 0 Å². The lowest BCUT2D eigenvalue weighted by Gasteiger charge is -2.31. The molecule has 0 radical (unpaired) electrons. The van der Waals surface area contributed by atoms with Gasteiger partial charge >= 0.3 is 5.97 Å². The summed E-state index contributed by atoms with van der Waals surface area (Å²) in [5.74, 6) is -2.29. The topological polar surface area (TPSA) is 99.5 Å². The third-order valence-corrected chi connectivity index (χ3v) is 4.99. The number of carboxylic acid groups (broad SMARTS) is 1. The van der Waals surface area contributed by atoms with E-state index in [9.17, 15) is 19.8 Å². The van der Waals surface area contributed by atoms with Crippen molar-refractivity contribution < 1.29 is 19.8 Å². The molecule has 136 valence electrons. The number of nitrogens with one attached hydrogen (secondary N) is 1. The molecule has 1 atom stereocenters. The predicted octanol–water partition coefficient (Wildman–Crippen LogP) is 3.34. The number of amides is 1. The molecule has 26 heavy (non-hydrogen) atoms. The SMILES string of the molecule is O=C(NCC(C(=O)O)C1CCC1)c1ncc(-c2cccc(Cl)c2)cc1O. The molecular weight excluding hydrogens is 356 g/mol. The minimum absolute atomic E-state index is 0.0238. The lowest BCUT2D eigenvalue weighted by Crippen LogP contribution is -2.39.